The number of hydrogen-bond donors (Lipinski definition) is 0. The summed E-state index contributed by atoms with van der Waals surface area (Å²) in [5.74, 6) is 0.672. The van der Waals surface area contributed by atoms with Crippen LogP contribution in [0, 0.1) is 12.7 Å². The van der Waals surface area contributed by atoms with Gasteiger partial charge in [0, 0.05) is 18.7 Å². The largest absolute Gasteiger partial charge is 0.493 e. The smallest absolute Gasteiger partial charge is 0.254 e. The summed E-state index contributed by atoms with van der Waals surface area (Å²) in [5.41, 5.74) is 1.78. The van der Waals surface area contributed by atoms with Crippen molar-refractivity contribution in [2.75, 3.05) is 20.8 Å². The quantitative estimate of drug-likeness (QED) is 0.808. The molecule has 2 aromatic rings. The van der Waals surface area contributed by atoms with Crippen molar-refractivity contribution in [2.24, 2.45) is 0 Å². The number of nitrogens with zero attached hydrogens (tertiary/aromatic N) is 1. The maximum atomic E-state index is 13.7. The monoisotopic (exact) mass is 331 g/mol. The van der Waals surface area contributed by atoms with Crippen molar-refractivity contribution >= 4 is 5.91 Å². The minimum atomic E-state index is -0.372. The normalized spacial score (nSPS) is 10.4. The van der Waals surface area contributed by atoms with Crippen molar-refractivity contribution in [3.05, 3.63) is 58.9 Å². The second-order valence-electron chi connectivity index (χ2n) is 5.47. The van der Waals surface area contributed by atoms with E-state index in [-0.39, 0.29) is 11.7 Å². The molecule has 0 saturated carbocycles. The predicted octanol–water partition coefficient (Wildman–Crippen LogP) is 3.81. The van der Waals surface area contributed by atoms with E-state index >= 15 is 0 Å². The van der Waals surface area contributed by atoms with Gasteiger partial charge in [0.1, 0.15) is 5.82 Å². The van der Waals surface area contributed by atoms with Crippen LogP contribution in [0.15, 0.2) is 36.4 Å². The number of ether oxygens (including phenoxy) is 2. The molecule has 2 rings (SSSR count). The Kier molecular flexibility index (Phi) is 5.79. The molecule has 0 fully saturated rings. The lowest BCUT2D eigenvalue weighted by Gasteiger charge is -2.22. The Bertz CT molecular complexity index is 731. The first-order valence-electron chi connectivity index (χ1n) is 7.76. The van der Waals surface area contributed by atoms with E-state index in [0.29, 0.717) is 35.7 Å². The fourth-order valence-corrected chi connectivity index (χ4v) is 2.44. The average molecular weight is 331 g/mol. The molecule has 1 amide bonds. The van der Waals surface area contributed by atoms with Crippen LogP contribution >= 0.6 is 0 Å². The maximum Gasteiger partial charge on any atom is 0.254 e. The van der Waals surface area contributed by atoms with Crippen molar-refractivity contribution in [3.63, 3.8) is 0 Å². The molecule has 0 aromatic heterocycles. The van der Waals surface area contributed by atoms with E-state index in [9.17, 15) is 9.18 Å². The van der Waals surface area contributed by atoms with Gasteiger partial charge in [0.05, 0.1) is 14.2 Å². The first-order chi connectivity index (χ1) is 11.5. The fraction of sp³-hybridized carbons (Fsp3) is 0.316. The molecule has 0 saturated heterocycles. The van der Waals surface area contributed by atoms with E-state index in [2.05, 4.69) is 0 Å². The highest BCUT2D eigenvalue weighted by atomic mass is 19.1. The van der Waals surface area contributed by atoms with E-state index in [1.165, 1.54) is 6.07 Å². The summed E-state index contributed by atoms with van der Waals surface area (Å²) in [6.07, 6.45) is 0. The number of carbonyl (C=O) groups is 1. The topological polar surface area (TPSA) is 38.8 Å². The SMILES string of the molecule is CCN(Cc1ccc(OC)c(OC)c1)C(=O)c1ccc(C)c(F)c1. The molecule has 128 valence electrons. The molecular formula is C19H22FNO3. The highest BCUT2D eigenvalue weighted by molar-refractivity contribution is 5.94. The Hall–Kier alpha value is -2.56. The van der Waals surface area contributed by atoms with Crippen molar-refractivity contribution in [1.29, 1.82) is 0 Å². The average Bonchev–Trinajstić information content (AvgIpc) is 2.61. The molecule has 4 nitrogen and oxygen atoms in total. The molecule has 0 N–H and O–H groups in total. The first-order valence-corrected chi connectivity index (χ1v) is 7.76. The zero-order valence-corrected chi connectivity index (χ0v) is 14.4. The molecule has 0 radical (unpaired) electrons. The highest BCUT2D eigenvalue weighted by Crippen LogP contribution is 2.28. The molecule has 24 heavy (non-hydrogen) atoms. The van der Waals surface area contributed by atoms with E-state index in [1.807, 2.05) is 19.1 Å². The summed E-state index contributed by atoms with van der Waals surface area (Å²) in [5, 5.41) is 0. The van der Waals surface area contributed by atoms with Gasteiger partial charge in [0.25, 0.3) is 5.91 Å². The van der Waals surface area contributed by atoms with Crippen LogP contribution in [0.4, 0.5) is 4.39 Å². The molecule has 5 heteroatoms. The number of halogens is 1. The predicted molar refractivity (Wildman–Crippen MR) is 91.1 cm³/mol. The van der Waals surface area contributed by atoms with Crippen LogP contribution in [-0.2, 0) is 6.54 Å². The van der Waals surface area contributed by atoms with Crippen LogP contribution in [0.5, 0.6) is 11.5 Å². The fourth-order valence-electron chi connectivity index (χ4n) is 2.44. The van der Waals surface area contributed by atoms with Gasteiger partial charge in [0.2, 0.25) is 0 Å². The highest BCUT2D eigenvalue weighted by Gasteiger charge is 2.16. The molecular weight excluding hydrogens is 309 g/mol. The van der Waals surface area contributed by atoms with Crippen LogP contribution in [-0.4, -0.2) is 31.6 Å². The Balaban J connectivity index is 2.22. The third-order valence-corrected chi connectivity index (χ3v) is 3.91. The van der Waals surface area contributed by atoms with E-state index in [4.69, 9.17) is 9.47 Å². The number of methoxy groups -OCH3 is 2. The molecule has 0 spiro atoms. The lowest BCUT2D eigenvalue weighted by Crippen LogP contribution is -2.30. The van der Waals surface area contributed by atoms with E-state index in [0.717, 1.165) is 5.56 Å². The summed E-state index contributed by atoms with van der Waals surface area (Å²) >= 11 is 0. The van der Waals surface area contributed by atoms with Crippen LogP contribution < -0.4 is 9.47 Å². The Morgan fingerprint density at radius 3 is 2.38 bits per heavy atom. The summed E-state index contributed by atoms with van der Waals surface area (Å²) < 4.78 is 24.2. The van der Waals surface area contributed by atoms with Gasteiger partial charge in [-0.05, 0) is 49.2 Å². The summed E-state index contributed by atoms with van der Waals surface area (Å²) in [4.78, 5) is 14.3. The standard InChI is InChI=1S/C19H22FNO3/c1-5-21(19(22)15-8-6-13(2)16(20)11-15)12-14-7-9-17(23-3)18(10-14)24-4/h6-11H,5,12H2,1-4H3. The lowest BCUT2D eigenvalue weighted by atomic mass is 10.1. The third kappa shape index (κ3) is 3.85. The van der Waals surface area contributed by atoms with Gasteiger partial charge in [0.15, 0.2) is 11.5 Å². The van der Waals surface area contributed by atoms with Crippen LogP contribution in [0.25, 0.3) is 0 Å². The number of carbonyl (C=O) groups excluding carboxylic acids is 1. The van der Waals surface area contributed by atoms with Crippen LogP contribution in [0.2, 0.25) is 0 Å². The van der Waals surface area contributed by atoms with Gasteiger partial charge < -0.3 is 14.4 Å². The van der Waals surface area contributed by atoms with Crippen molar-refractivity contribution in [2.45, 2.75) is 20.4 Å². The summed E-state index contributed by atoms with van der Waals surface area (Å²) in [7, 11) is 3.14. The summed E-state index contributed by atoms with van der Waals surface area (Å²) in [6, 6.07) is 10.1. The Morgan fingerprint density at radius 2 is 1.79 bits per heavy atom. The van der Waals surface area contributed by atoms with Gasteiger partial charge in [-0.15, -0.1) is 0 Å². The van der Waals surface area contributed by atoms with Gasteiger partial charge in [-0.2, -0.15) is 0 Å². The minimum absolute atomic E-state index is 0.203. The van der Waals surface area contributed by atoms with E-state index in [1.54, 1.807) is 44.2 Å². The summed E-state index contributed by atoms with van der Waals surface area (Å²) in [6.45, 7) is 4.49. The van der Waals surface area contributed by atoms with Gasteiger partial charge >= 0.3 is 0 Å². The van der Waals surface area contributed by atoms with Crippen molar-refractivity contribution < 1.29 is 18.7 Å². The first kappa shape index (κ1) is 17.8. The number of amides is 1. The Labute approximate surface area is 141 Å². The number of rotatable bonds is 6. The van der Waals surface area contributed by atoms with Gasteiger partial charge in [-0.25, -0.2) is 4.39 Å². The lowest BCUT2D eigenvalue weighted by molar-refractivity contribution is 0.0752. The molecule has 0 atom stereocenters. The molecule has 0 bridgehead atoms. The second-order valence-corrected chi connectivity index (χ2v) is 5.47. The van der Waals surface area contributed by atoms with Crippen LogP contribution in [0.3, 0.4) is 0 Å². The maximum absolute atomic E-state index is 13.7. The van der Waals surface area contributed by atoms with Gasteiger partial charge in [-0.3, -0.25) is 4.79 Å². The molecule has 0 aliphatic rings. The van der Waals surface area contributed by atoms with E-state index < -0.39 is 0 Å². The van der Waals surface area contributed by atoms with Crippen molar-refractivity contribution in [3.8, 4) is 11.5 Å². The van der Waals surface area contributed by atoms with Crippen LogP contribution in [0.1, 0.15) is 28.4 Å². The number of hydrogen-bond acceptors (Lipinski definition) is 3. The molecule has 0 aliphatic carbocycles. The molecule has 0 heterocycles. The number of aryl methyl sites for hydroxylation is 1. The zero-order valence-electron chi connectivity index (χ0n) is 14.4. The molecule has 0 aliphatic heterocycles. The van der Waals surface area contributed by atoms with Gasteiger partial charge in [-0.1, -0.05) is 12.1 Å². The number of benzene rings is 2. The second kappa shape index (κ2) is 7.81. The Morgan fingerprint density at radius 1 is 1.08 bits per heavy atom. The molecule has 2 aromatic carbocycles. The molecule has 0 unspecified atom stereocenters. The zero-order chi connectivity index (χ0) is 17.7. The minimum Gasteiger partial charge on any atom is -0.493 e. The van der Waals surface area contributed by atoms with Crippen molar-refractivity contribution in [1.82, 2.24) is 4.90 Å². The third-order valence-electron chi connectivity index (χ3n) is 3.91.